The van der Waals surface area contributed by atoms with Crippen molar-refractivity contribution in [2.24, 2.45) is 0 Å². The first-order valence-corrected chi connectivity index (χ1v) is 6.43. The normalized spacial score (nSPS) is 13.7. The van der Waals surface area contributed by atoms with E-state index in [9.17, 15) is 4.39 Å². The molecule has 0 bridgehead atoms. The summed E-state index contributed by atoms with van der Waals surface area (Å²) >= 11 is 0. The highest BCUT2D eigenvalue weighted by Crippen LogP contribution is 2.25. The summed E-state index contributed by atoms with van der Waals surface area (Å²) in [5.74, 6) is 0.460. The number of fused-ring (bicyclic) bond motifs is 1. The summed E-state index contributed by atoms with van der Waals surface area (Å²) in [4.78, 5) is 8.71. The third-order valence-electron chi connectivity index (χ3n) is 3.21. The Morgan fingerprint density at radius 3 is 2.80 bits per heavy atom. The van der Waals surface area contributed by atoms with Crippen molar-refractivity contribution in [1.29, 1.82) is 0 Å². The Morgan fingerprint density at radius 2 is 2.05 bits per heavy atom. The van der Waals surface area contributed by atoms with E-state index in [1.165, 1.54) is 12.1 Å². The second kappa shape index (κ2) is 5.42. The van der Waals surface area contributed by atoms with Gasteiger partial charge in [-0.05, 0) is 37.2 Å². The lowest BCUT2D eigenvalue weighted by atomic mass is 10.1. The van der Waals surface area contributed by atoms with Crippen molar-refractivity contribution >= 4 is 11.5 Å². The number of benzene rings is 1. The SMILES string of the molecule is COc1nc2c(c(Nc3ccc(F)cc3)n1)CCNC2. The van der Waals surface area contributed by atoms with Crippen molar-refractivity contribution in [3.8, 4) is 6.01 Å². The molecule has 2 heterocycles. The summed E-state index contributed by atoms with van der Waals surface area (Å²) in [5, 5.41) is 6.48. The molecule has 0 atom stereocenters. The fraction of sp³-hybridized carbons (Fsp3) is 0.286. The number of nitrogens with zero attached hydrogens (tertiary/aromatic N) is 2. The molecule has 1 aliphatic rings. The number of hydrogen-bond donors (Lipinski definition) is 2. The molecule has 1 aromatic heterocycles. The van der Waals surface area contributed by atoms with Crippen LogP contribution in [-0.4, -0.2) is 23.6 Å². The van der Waals surface area contributed by atoms with E-state index in [1.54, 1.807) is 19.2 Å². The fourth-order valence-electron chi connectivity index (χ4n) is 2.20. The van der Waals surface area contributed by atoms with Gasteiger partial charge in [0.25, 0.3) is 0 Å². The van der Waals surface area contributed by atoms with E-state index in [4.69, 9.17) is 4.74 Å². The Hall–Kier alpha value is -2.21. The summed E-state index contributed by atoms with van der Waals surface area (Å²) in [6.07, 6.45) is 0.850. The van der Waals surface area contributed by atoms with Gasteiger partial charge in [0.05, 0.1) is 12.8 Å². The lowest BCUT2D eigenvalue weighted by molar-refractivity contribution is 0.376. The molecule has 0 aliphatic carbocycles. The molecule has 1 aliphatic heterocycles. The minimum atomic E-state index is -0.262. The van der Waals surface area contributed by atoms with Crippen LogP contribution in [0.5, 0.6) is 6.01 Å². The molecule has 0 fully saturated rings. The number of nitrogens with one attached hydrogen (secondary N) is 2. The molecule has 0 saturated carbocycles. The Kier molecular flexibility index (Phi) is 3.47. The van der Waals surface area contributed by atoms with Crippen LogP contribution >= 0.6 is 0 Å². The summed E-state index contributed by atoms with van der Waals surface area (Å²) in [6.45, 7) is 1.59. The van der Waals surface area contributed by atoms with Crippen molar-refractivity contribution < 1.29 is 9.13 Å². The van der Waals surface area contributed by atoms with Gasteiger partial charge in [-0.2, -0.15) is 9.97 Å². The monoisotopic (exact) mass is 274 g/mol. The lowest BCUT2D eigenvalue weighted by Gasteiger charge is -2.20. The van der Waals surface area contributed by atoms with Gasteiger partial charge in [-0.1, -0.05) is 0 Å². The molecule has 0 radical (unpaired) electrons. The van der Waals surface area contributed by atoms with Gasteiger partial charge in [0.1, 0.15) is 11.6 Å². The van der Waals surface area contributed by atoms with E-state index >= 15 is 0 Å². The maximum Gasteiger partial charge on any atom is 0.318 e. The molecule has 0 spiro atoms. The zero-order chi connectivity index (χ0) is 13.9. The molecule has 6 heteroatoms. The topological polar surface area (TPSA) is 59.1 Å². The summed E-state index contributed by atoms with van der Waals surface area (Å²) in [6, 6.07) is 6.51. The molecule has 1 aromatic carbocycles. The van der Waals surface area contributed by atoms with Crippen LogP contribution in [0.15, 0.2) is 24.3 Å². The molecule has 0 amide bonds. The van der Waals surface area contributed by atoms with Crippen LogP contribution in [0, 0.1) is 5.82 Å². The van der Waals surface area contributed by atoms with Crippen molar-refractivity contribution in [1.82, 2.24) is 15.3 Å². The molecule has 0 unspecified atom stereocenters. The van der Waals surface area contributed by atoms with E-state index in [2.05, 4.69) is 20.6 Å². The number of anilines is 2. The average Bonchev–Trinajstić information content (AvgIpc) is 2.49. The number of methoxy groups -OCH3 is 1. The van der Waals surface area contributed by atoms with E-state index in [-0.39, 0.29) is 5.82 Å². The third-order valence-corrected chi connectivity index (χ3v) is 3.21. The van der Waals surface area contributed by atoms with Crippen molar-refractivity contribution in [2.75, 3.05) is 19.0 Å². The van der Waals surface area contributed by atoms with Crippen LogP contribution in [0.1, 0.15) is 11.3 Å². The van der Waals surface area contributed by atoms with Gasteiger partial charge in [0.2, 0.25) is 0 Å². The van der Waals surface area contributed by atoms with Gasteiger partial charge in [-0.25, -0.2) is 4.39 Å². The number of hydrogen-bond acceptors (Lipinski definition) is 5. The lowest BCUT2D eigenvalue weighted by Crippen LogP contribution is -2.26. The van der Waals surface area contributed by atoms with Gasteiger partial charge >= 0.3 is 6.01 Å². The van der Waals surface area contributed by atoms with Crippen LogP contribution in [0.3, 0.4) is 0 Å². The second-order valence-electron chi connectivity index (χ2n) is 4.54. The van der Waals surface area contributed by atoms with E-state index < -0.39 is 0 Å². The van der Waals surface area contributed by atoms with Gasteiger partial charge in [0, 0.05) is 17.8 Å². The molecule has 5 nitrogen and oxygen atoms in total. The van der Waals surface area contributed by atoms with Gasteiger partial charge in [0.15, 0.2) is 0 Å². The van der Waals surface area contributed by atoms with Crippen LogP contribution < -0.4 is 15.4 Å². The highest BCUT2D eigenvalue weighted by molar-refractivity contribution is 5.60. The maximum atomic E-state index is 12.9. The molecule has 2 aromatic rings. The summed E-state index contributed by atoms with van der Waals surface area (Å²) in [7, 11) is 1.54. The summed E-state index contributed by atoms with van der Waals surface area (Å²) in [5.41, 5.74) is 2.80. The summed E-state index contributed by atoms with van der Waals surface area (Å²) < 4.78 is 18.1. The van der Waals surface area contributed by atoms with Crippen molar-refractivity contribution in [3.63, 3.8) is 0 Å². The smallest absolute Gasteiger partial charge is 0.318 e. The number of halogens is 1. The van der Waals surface area contributed by atoms with E-state index in [1.807, 2.05) is 0 Å². The average molecular weight is 274 g/mol. The Balaban J connectivity index is 1.96. The first kappa shape index (κ1) is 12.8. The van der Waals surface area contributed by atoms with Gasteiger partial charge in [-0.3, -0.25) is 0 Å². The first-order chi connectivity index (χ1) is 9.76. The molecular formula is C14H15FN4O. The van der Waals surface area contributed by atoms with Gasteiger partial charge in [-0.15, -0.1) is 0 Å². The molecule has 0 saturated heterocycles. The van der Waals surface area contributed by atoms with Crippen molar-refractivity contribution in [3.05, 3.63) is 41.3 Å². The third kappa shape index (κ3) is 2.55. The van der Waals surface area contributed by atoms with Crippen molar-refractivity contribution in [2.45, 2.75) is 13.0 Å². The molecule has 20 heavy (non-hydrogen) atoms. The number of aromatic nitrogens is 2. The fourth-order valence-corrected chi connectivity index (χ4v) is 2.20. The molecule has 2 N–H and O–H groups in total. The highest BCUT2D eigenvalue weighted by Gasteiger charge is 2.18. The zero-order valence-electron chi connectivity index (χ0n) is 11.1. The molecular weight excluding hydrogens is 259 g/mol. The Bertz CT molecular complexity index is 615. The Labute approximate surface area is 116 Å². The highest BCUT2D eigenvalue weighted by atomic mass is 19.1. The first-order valence-electron chi connectivity index (χ1n) is 6.43. The van der Waals surface area contributed by atoms with Crippen LogP contribution in [0.25, 0.3) is 0 Å². The minimum Gasteiger partial charge on any atom is -0.467 e. The quantitative estimate of drug-likeness (QED) is 0.896. The largest absolute Gasteiger partial charge is 0.467 e. The maximum absolute atomic E-state index is 12.9. The predicted octanol–water partition coefficient (Wildman–Crippen LogP) is 2.01. The zero-order valence-corrected chi connectivity index (χ0v) is 11.1. The number of rotatable bonds is 3. The standard InChI is InChI=1S/C14H15FN4O/c1-20-14-18-12-8-16-7-6-11(12)13(19-14)17-10-4-2-9(15)3-5-10/h2-5,16H,6-8H2,1H3,(H,17,18,19). The molecule has 104 valence electrons. The van der Waals surface area contributed by atoms with Crippen LogP contribution in [0.2, 0.25) is 0 Å². The molecule has 3 rings (SSSR count). The van der Waals surface area contributed by atoms with E-state index in [0.717, 1.165) is 35.7 Å². The van der Waals surface area contributed by atoms with Crippen LogP contribution in [-0.2, 0) is 13.0 Å². The van der Waals surface area contributed by atoms with Gasteiger partial charge < -0.3 is 15.4 Å². The number of ether oxygens (including phenoxy) is 1. The Morgan fingerprint density at radius 1 is 1.25 bits per heavy atom. The van der Waals surface area contributed by atoms with E-state index in [0.29, 0.717) is 12.6 Å². The second-order valence-corrected chi connectivity index (χ2v) is 4.54. The van der Waals surface area contributed by atoms with Crippen LogP contribution in [0.4, 0.5) is 15.9 Å². The predicted molar refractivity (Wildman–Crippen MR) is 73.7 cm³/mol. The minimum absolute atomic E-state index is 0.262.